The van der Waals surface area contributed by atoms with Crippen molar-refractivity contribution in [2.45, 2.75) is 6.18 Å². The SMILES string of the molecule is Bc1cnn2c(Cl)cc(-c3cccc(C(F)(F)F)c3)nc12. The molecule has 0 saturated heterocycles. The van der Waals surface area contributed by atoms with E-state index in [1.807, 2.05) is 7.85 Å². The van der Waals surface area contributed by atoms with E-state index >= 15 is 0 Å². The van der Waals surface area contributed by atoms with Crippen molar-refractivity contribution < 1.29 is 13.2 Å². The van der Waals surface area contributed by atoms with Crippen LogP contribution in [-0.4, -0.2) is 22.4 Å². The number of fused-ring (bicyclic) bond motifs is 1. The monoisotopic (exact) mass is 309 g/mol. The third-order valence-electron chi connectivity index (χ3n) is 3.09. The summed E-state index contributed by atoms with van der Waals surface area (Å²) >= 11 is 6.09. The van der Waals surface area contributed by atoms with Gasteiger partial charge in [-0.2, -0.15) is 18.3 Å². The Hall–Kier alpha value is -2.02. The smallest absolute Gasteiger partial charge is 0.229 e. The van der Waals surface area contributed by atoms with Crippen LogP contribution in [0.1, 0.15) is 5.56 Å². The Morgan fingerprint density at radius 1 is 1.19 bits per heavy atom. The highest BCUT2D eigenvalue weighted by atomic mass is 35.5. The van der Waals surface area contributed by atoms with Crippen LogP contribution in [0.25, 0.3) is 16.9 Å². The molecule has 0 radical (unpaired) electrons. The highest BCUT2D eigenvalue weighted by Crippen LogP contribution is 2.32. The molecule has 3 rings (SSSR count). The van der Waals surface area contributed by atoms with Gasteiger partial charge in [0.2, 0.25) is 0 Å². The van der Waals surface area contributed by atoms with Gasteiger partial charge in [0.1, 0.15) is 13.0 Å². The second-order valence-electron chi connectivity index (χ2n) is 4.61. The average Bonchev–Trinajstić information content (AvgIpc) is 2.80. The van der Waals surface area contributed by atoms with Crippen LogP contribution in [0.15, 0.2) is 36.5 Å². The number of nitrogens with zero attached hydrogens (tertiary/aromatic N) is 3. The van der Waals surface area contributed by atoms with Gasteiger partial charge in [-0.3, -0.25) is 0 Å². The number of hydrogen-bond acceptors (Lipinski definition) is 2. The Labute approximate surface area is 123 Å². The molecule has 0 unspecified atom stereocenters. The van der Waals surface area contributed by atoms with Gasteiger partial charge in [0, 0.05) is 17.8 Å². The summed E-state index contributed by atoms with van der Waals surface area (Å²) in [6.07, 6.45) is -2.79. The molecule has 0 aliphatic heterocycles. The molecule has 0 spiro atoms. The van der Waals surface area contributed by atoms with Crippen molar-refractivity contribution in [2.24, 2.45) is 0 Å². The van der Waals surface area contributed by atoms with Crippen molar-refractivity contribution in [3.8, 4) is 11.3 Å². The Kier molecular flexibility index (Phi) is 3.17. The van der Waals surface area contributed by atoms with Crippen LogP contribution in [0.3, 0.4) is 0 Å². The first kappa shape index (κ1) is 13.9. The Morgan fingerprint density at radius 2 is 1.95 bits per heavy atom. The summed E-state index contributed by atoms with van der Waals surface area (Å²) < 4.78 is 39.7. The fourth-order valence-corrected chi connectivity index (χ4v) is 2.27. The molecule has 0 bridgehead atoms. The zero-order valence-electron chi connectivity index (χ0n) is 10.8. The summed E-state index contributed by atoms with van der Waals surface area (Å²) in [7, 11) is 1.81. The molecule has 106 valence electrons. The van der Waals surface area contributed by atoms with Crippen LogP contribution in [0, 0.1) is 0 Å². The Morgan fingerprint density at radius 3 is 2.67 bits per heavy atom. The molecule has 2 aromatic heterocycles. The van der Waals surface area contributed by atoms with Crippen molar-refractivity contribution in [3.05, 3.63) is 47.2 Å². The zero-order chi connectivity index (χ0) is 15.2. The standard InChI is InChI=1S/C13H8BClF3N3/c14-9-6-19-21-11(15)5-10(20-12(9)21)7-2-1-3-8(4-7)13(16,17)18/h1-6H,14H2. The molecule has 0 aliphatic carbocycles. The summed E-state index contributed by atoms with van der Waals surface area (Å²) in [5.74, 6) is 0. The summed E-state index contributed by atoms with van der Waals surface area (Å²) in [6.45, 7) is 0. The minimum absolute atomic E-state index is 0.292. The first-order chi connectivity index (χ1) is 9.86. The molecule has 21 heavy (non-hydrogen) atoms. The lowest BCUT2D eigenvalue weighted by atomic mass is 10.0. The fourth-order valence-electron chi connectivity index (χ4n) is 2.04. The summed E-state index contributed by atoms with van der Waals surface area (Å²) in [5.41, 5.74) is 1.33. The number of benzene rings is 1. The van der Waals surface area contributed by atoms with E-state index in [-0.39, 0.29) is 0 Å². The lowest BCUT2D eigenvalue weighted by Crippen LogP contribution is -2.06. The van der Waals surface area contributed by atoms with Crippen LogP contribution in [-0.2, 0) is 6.18 Å². The summed E-state index contributed by atoms with van der Waals surface area (Å²) in [6, 6.07) is 6.49. The molecular weight excluding hydrogens is 301 g/mol. The van der Waals surface area contributed by atoms with Crippen LogP contribution in [0.2, 0.25) is 5.15 Å². The number of hydrogen-bond donors (Lipinski definition) is 0. The largest absolute Gasteiger partial charge is 0.416 e. The van der Waals surface area contributed by atoms with E-state index in [1.165, 1.54) is 16.6 Å². The van der Waals surface area contributed by atoms with E-state index < -0.39 is 11.7 Å². The molecule has 3 aromatic rings. The molecule has 3 nitrogen and oxygen atoms in total. The van der Waals surface area contributed by atoms with Crippen molar-refractivity contribution in [2.75, 3.05) is 0 Å². The Balaban J connectivity index is 2.18. The second kappa shape index (κ2) is 4.77. The average molecular weight is 309 g/mol. The van der Waals surface area contributed by atoms with E-state index in [9.17, 15) is 13.2 Å². The third kappa shape index (κ3) is 2.49. The lowest BCUT2D eigenvalue weighted by Gasteiger charge is -2.09. The number of aromatic nitrogens is 3. The maximum atomic E-state index is 12.8. The van der Waals surface area contributed by atoms with Gasteiger partial charge in [0.25, 0.3) is 0 Å². The van der Waals surface area contributed by atoms with Crippen molar-refractivity contribution in [1.82, 2.24) is 14.6 Å². The van der Waals surface area contributed by atoms with Crippen LogP contribution < -0.4 is 5.46 Å². The third-order valence-corrected chi connectivity index (χ3v) is 3.36. The summed E-state index contributed by atoms with van der Waals surface area (Å²) in [4.78, 5) is 4.34. The molecular formula is C13H8BClF3N3. The van der Waals surface area contributed by atoms with Crippen LogP contribution in [0.4, 0.5) is 13.2 Å². The van der Waals surface area contributed by atoms with E-state index in [1.54, 1.807) is 12.3 Å². The summed E-state index contributed by atoms with van der Waals surface area (Å²) in [5, 5.41) is 4.34. The van der Waals surface area contributed by atoms with E-state index in [0.717, 1.165) is 17.6 Å². The second-order valence-corrected chi connectivity index (χ2v) is 4.99. The van der Waals surface area contributed by atoms with E-state index in [4.69, 9.17) is 11.6 Å². The predicted octanol–water partition coefficient (Wildman–Crippen LogP) is 2.33. The fraction of sp³-hybridized carbons (Fsp3) is 0.0769. The van der Waals surface area contributed by atoms with E-state index in [0.29, 0.717) is 22.1 Å². The van der Waals surface area contributed by atoms with Gasteiger partial charge in [0.05, 0.1) is 11.3 Å². The quantitative estimate of drug-likeness (QED) is 0.510. The van der Waals surface area contributed by atoms with Crippen LogP contribution in [0.5, 0.6) is 0 Å². The number of halogens is 4. The van der Waals surface area contributed by atoms with Gasteiger partial charge >= 0.3 is 6.18 Å². The predicted molar refractivity (Wildman–Crippen MR) is 76.6 cm³/mol. The molecule has 0 aliphatic rings. The minimum atomic E-state index is -4.39. The molecule has 0 saturated carbocycles. The lowest BCUT2D eigenvalue weighted by molar-refractivity contribution is -0.137. The zero-order valence-corrected chi connectivity index (χ0v) is 11.6. The molecule has 8 heteroatoms. The highest BCUT2D eigenvalue weighted by molar-refractivity contribution is 6.36. The van der Waals surface area contributed by atoms with Gasteiger partial charge in [0.15, 0.2) is 5.65 Å². The van der Waals surface area contributed by atoms with Gasteiger partial charge in [-0.25, -0.2) is 9.50 Å². The number of alkyl halides is 3. The molecule has 1 aromatic carbocycles. The maximum Gasteiger partial charge on any atom is 0.416 e. The van der Waals surface area contributed by atoms with Gasteiger partial charge in [-0.05, 0) is 17.6 Å². The first-order valence-corrected chi connectivity index (χ1v) is 6.42. The topological polar surface area (TPSA) is 30.2 Å². The Bertz CT molecular complexity index is 829. The van der Waals surface area contributed by atoms with Gasteiger partial charge < -0.3 is 0 Å². The molecule has 0 fully saturated rings. The maximum absolute atomic E-state index is 12.8. The van der Waals surface area contributed by atoms with Crippen molar-refractivity contribution in [1.29, 1.82) is 0 Å². The first-order valence-electron chi connectivity index (χ1n) is 6.05. The van der Waals surface area contributed by atoms with Gasteiger partial charge in [-0.15, -0.1) is 0 Å². The normalized spacial score (nSPS) is 12.0. The van der Waals surface area contributed by atoms with Gasteiger partial charge in [-0.1, -0.05) is 23.7 Å². The highest BCUT2D eigenvalue weighted by Gasteiger charge is 2.30. The molecule has 2 heterocycles. The van der Waals surface area contributed by atoms with Crippen molar-refractivity contribution in [3.63, 3.8) is 0 Å². The van der Waals surface area contributed by atoms with Crippen molar-refractivity contribution >= 4 is 30.6 Å². The number of rotatable bonds is 1. The molecule has 0 amide bonds. The van der Waals surface area contributed by atoms with Crippen LogP contribution >= 0.6 is 11.6 Å². The molecule has 0 atom stereocenters. The minimum Gasteiger partial charge on any atom is -0.229 e. The van der Waals surface area contributed by atoms with E-state index in [2.05, 4.69) is 10.1 Å². The molecule has 0 N–H and O–H groups in total.